The number of piperidine rings is 1. The first-order valence-corrected chi connectivity index (χ1v) is 9.03. The minimum Gasteiger partial charge on any atom is -0.313 e. The van der Waals surface area contributed by atoms with Crippen LogP contribution in [-0.2, 0) is 0 Å². The third kappa shape index (κ3) is 4.94. The second-order valence-corrected chi connectivity index (χ2v) is 8.38. The number of hydrogen-bond acceptors (Lipinski definition) is 3. The van der Waals surface area contributed by atoms with E-state index in [0.717, 1.165) is 18.5 Å². The molecule has 0 bridgehead atoms. The molecule has 2 fully saturated rings. The van der Waals surface area contributed by atoms with Crippen LogP contribution in [0.15, 0.2) is 0 Å². The molecule has 2 atom stereocenters. The minimum absolute atomic E-state index is 0.525. The van der Waals surface area contributed by atoms with Crippen LogP contribution in [0.2, 0.25) is 0 Å². The number of nitrogens with zero attached hydrogens (tertiary/aromatic N) is 2. The molecule has 3 nitrogen and oxygen atoms in total. The zero-order valence-electron chi connectivity index (χ0n) is 15.0. The van der Waals surface area contributed by atoms with Crippen molar-refractivity contribution in [2.75, 3.05) is 40.3 Å². The van der Waals surface area contributed by atoms with Gasteiger partial charge in [0.2, 0.25) is 0 Å². The summed E-state index contributed by atoms with van der Waals surface area (Å²) in [7, 11) is 4.41. The molecule has 0 amide bonds. The monoisotopic (exact) mass is 295 g/mol. The molecule has 2 rings (SSSR count). The van der Waals surface area contributed by atoms with Crippen LogP contribution in [0.25, 0.3) is 0 Å². The summed E-state index contributed by atoms with van der Waals surface area (Å²) in [4.78, 5) is 5.16. The van der Waals surface area contributed by atoms with Crippen molar-refractivity contribution in [1.29, 1.82) is 0 Å². The third-order valence-electron chi connectivity index (χ3n) is 5.57. The Morgan fingerprint density at radius 1 is 1.14 bits per heavy atom. The molecule has 2 aliphatic rings. The summed E-state index contributed by atoms with van der Waals surface area (Å²) in [5.41, 5.74) is 0.525. The van der Waals surface area contributed by atoms with Gasteiger partial charge in [0.1, 0.15) is 0 Å². The third-order valence-corrected chi connectivity index (χ3v) is 5.57. The van der Waals surface area contributed by atoms with Gasteiger partial charge in [-0.1, -0.05) is 20.8 Å². The fourth-order valence-electron chi connectivity index (χ4n) is 4.42. The molecule has 0 aromatic carbocycles. The zero-order valence-corrected chi connectivity index (χ0v) is 15.0. The van der Waals surface area contributed by atoms with Crippen LogP contribution in [0.4, 0.5) is 0 Å². The molecular weight excluding hydrogens is 258 g/mol. The highest BCUT2D eigenvalue weighted by Crippen LogP contribution is 2.38. The summed E-state index contributed by atoms with van der Waals surface area (Å²) in [5, 5.41) is 3.76. The van der Waals surface area contributed by atoms with Gasteiger partial charge in [0.05, 0.1) is 0 Å². The molecule has 0 radical (unpaired) electrons. The molecule has 2 unspecified atom stereocenters. The maximum Gasteiger partial charge on any atom is 0.0254 e. The Bertz CT molecular complexity index is 306. The van der Waals surface area contributed by atoms with Gasteiger partial charge in [0.25, 0.3) is 0 Å². The summed E-state index contributed by atoms with van der Waals surface area (Å²) < 4.78 is 0. The topological polar surface area (TPSA) is 18.5 Å². The lowest BCUT2D eigenvalue weighted by atomic mass is 9.72. The van der Waals surface area contributed by atoms with Crippen molar-refractivity contribution in [3.05, 3.63) is 0 Å². The summed E-state index contributed by atoms with van der Waals surface area (Å²) in [6.07, 6.45) is 6.85. The van der Waals surface area contributed by atoms with Gasteiger partial charge in [-0.05, 0) is 77.2 Å². The van der Waals surface area contributed by atoms with E-state index in [1.54, 1.807) is 0 Å². The van der Waals surface area contributed by atoms with E-state index in [4.69, 9.17) is 0 Å². The molecule has 0 aromatic rings. The predicted molar refractivity (Wildman–Crippen MR) is 91.7 cm³/mol. The number of likely N-dealkylation sites (N-methyl/N-ethyl adjacent to an activating group) is 1. The van der Waals surface area contributed by atoms with Crippen molar-refractivity contribution in [1.82, 2.24) is 15.1 Å². The number of nitrogens with one attached hydrogen (secondary N) is 1. The summed E-state index contributed by atoms with van der Waals surface area (Å²) >= 11 is 0. The molecule has 0 aromatic heterocycles. The first kappa shape index (κ1) is 17.2. The Kier molecular flexibility index (Phi) is 6.10. The second kappa shape index (κ2) is 7.43. The van der Waals surface area contributed by atoms with E-state index >= 15 is 0 Å². The molecule has 0 spiro atoms. The van der Waals surface area contributed by atoms with E-state index in [9.17, 15) is 0 Å². The van der Waals surface area contributed by atoms with Gasteiger partial charge in [-0.25, -0.2) is 0 Å². The van der Waals surface area contributed by atoms with E-state index < -0.39 is 0 Å². The van der Waals surface area contributed by atoms with Gasteiger partial charge in [0, 0.05) is 18.6 Å². The molecule has 124 valence electrons. The molecule has 1 heterocycles. The molecule has 1 aliphatic carbocycles. The average molecular weight is 296 g/mol. The second-order valence-electron chi connectivity index (χ2n) is 8.38. The largest absolute Gasteiger partial charge is 0.313 e. The Morgan fingerprint density at radius 3 is 2.38 bits per heavy atom. The fourth-order valence-corrected chi connectivity index (χ4v) is 4.42. The van der Waals surface area contributed by atoms with Crippen molar-refractivity contribution in [2.24, 2.45) is 11.3 Å². The van der Waals surface area contributed by atoms with Crippen molar-refractivity contribution < 1.29 is 0 Å². The van der Waals surface area contributed by atoms with Crippen molar-refractivity contribution in [3.8, 4) is 0 Å². The quantitative estimate of drug-likeness (QED) is 0.841. The summed E-state index contributed by atoms with van der Waals surface area (Å²) in [6.45, 7) is 12.2. The smallest absolute Gasteiger partial charge is 0.0254 e. The van der Waals surface area contributed by atoms with Crippen LogP contribution < -0.4 is 5.32 Å². The van der Waals surface area contributed by atoms with Gasteiger partial charge >= 0.3 is 0 Å². The lowest BCUT2D eigenvalue weighted by molar-refractivity contribution is 0.0387. The lowest BCUT2D eigenvalue weighted by Gasteiger charge is -2.48. The average Bonchev–Trinajstić information content (AvgIpc) is 2.41. The molecule has 1 saturated carbocycles. The fraction of sp³-hybridized carbons (Fsp3) is 1.00. The molecule has 1 aliphatic heterocycles. The van der Waals surface area contributed by atoms with Crippen LogP contribution in [0.1, 0.15) is 52.9 Å². The summed E-state index contributed by atoms with van der Waals surface area (Å²) in [5.74, 6) is 0.908. The maximum absolute atomic E-state index is 3.76. The SMILES string of the molecule is CCNC1CCC(C)(C)CC1N1CCC(CN(C)C)CC1. The highest BCUT2D eigenvalue weighted by atomic mass is 15.2. The number of likely N-dealkylation sites (tertiary alicyclic amines) is 1. The minimum atomic E-state index is 0.525. The van der Waals surface area contributed by atoms with E-state index in [-0.39, 0.29) is 0 Å². The lowest BCUT2D eigenvalue weighted by Crippen LogP contribution is -2.56. The van der Waals surface area contributed by atoms with Gasteiger partial charge in [-0.15, -0.1) is 0 Å². The highest BCUT2D eigenvalue weighted by molar-refractivity contribution is 4.95. The van der Waals surface area contributed by atoms with Crippen LogP contribution in [0, 0.1) is 11.3 Å². The number of hydrogen-bond donors (Lipinski definition) is 1. The predicted octanol–water partition coefficient (Wildman–Crippen LogP) is 2.82. The highest BCUT2D eigenvalue weighted by Gasteiger charge is 2.38. The van der Waals surface area contributed by atoms with Crippen LogP contribution in [0.5, 0.6) is 0 Å². The van der Waals surface area contributed by atoms with Crippen LogP contribution >= 0.6 is 0 Å². The van der Waals surface area contributed by atoms with Crippen molar-refractivity contribution >= 4 is 0 Å². The van der Waals surface area contributed by atoms with Gasteiger partial charge < -0.3 is 10.2 Å². The molecule has 1 N–H and O–H groups in total. The van der Waals surface area contributed by atoms with Gasteiger partial charge in [-0.3, -0.25) is 4.90 Å². The van der Waals surface area contributed by atoms with E-state index in [0.29, 0.717) is 11.5 Å². The first-order chi connectivity index (χ1) is 9.91. The standard InChI is InChI=1S/C18H37N3/c1-6-19-16-7-10-18(2,3)13-17(16)21-11-8-15(9-12-21)14-20(4)5/h15-17,19H,6-14H2,1-5H3. The van der Waals surface area contributed by atoms with Gasteiger partial charge in [-0.2, -0.15) is 0 Å². The Labute approximate surface area is 132 Å². The first-order valence-electron chi connectivity index (χ1n) is 9.03. The molecule has 3 heteroatoms. The van der Waals surface area contributed by atoms with E-state index in [1.165, 1.54) is 51.7 Å². The van der Waals surface area contributed by atoms with Crippen LogP contribution in [-0.4, -0.2) is 62.2 Å². The zero-order chi connectivity index (χ0) is 15.5. The van der Waals surface area contributed by atoms with E-state index in [2.05, 4.69) is 50.0 Å². The van der Waals surface area contributed by atoms with Crippen molar-refractivity contribution in [3.63, 3.8) is 0 Å². The van der Waals surface area contributed by atoms with Crippen molar-refractivity contribution in [2.45, 2.75) is 65.0 Å². The normalized spacial score (nSPS) is 31.7. The summed E-state index contributed by atoms with van der Waals surface area (Å²) in [6, 6.07) is 1.47. The Balaban J connectivity index is 1.92. The Morgan fingerprint density at radius 2 is 1.81 bits per heavy atom. The Hall–Kier alpha value is -0.120. The molecule has 1 saturated heterocycles. The van der Waals surface area contributed by atoms with Gasteiger partial charge in [0.15, 0.2) is 0 Å². The molecular formula is C18H37N3. The van der Waals surface area contributed by atoms with E-state index in [1.807, 2.05) is 0 Å². The number of rotatable bonds is 5. The van der Waals surface area contributed by atoms with Crippen LogP contribution in [0.3, 0.4) is 0 Å². The molecule has 21 heavy (non-hydrogen) atoms. The maximum atomic E-state index is 3.76.